The second-order valence-electron chi connectivity index (χ2n) is 13.1. The van der Waals surface area contributed by atoms with E-state index in [2.05, 4.69) is 67.6 Å². The lowest BCUT2D eigenvalue weighted by atomic mass is 9.51. The van der Waals surface area contributed by atoms with Crippen molar-refractivity contribution in [3.05, 3.63) is 77.4 Å². The predicted octanol–water partition coefficient (Wildman–Crippen LogP) is 9.37. The number of rotatable bonds is 4. The normalized spacial score (nSPS) is 33.8. The molecule has 0 bridgehead atoms. The van der Waals surface area contributed by atoms with Crippen molar-refractivity contribution in [2.24, 2.45) is 29.1 Å². The smallest absolute Gasteiger partial charge is 0.116 e. The minimum absolute atomic E-state index is 0.0556. The highest BCUT2D eigenvalue weighted by molar-refractivity contribution is 5.45. The van der Waals surface area contributed by atoms with Gasteiger partial charge in [-0.3, -0.25) is 0 Å². The molecule has 192 valence electrons. The van der Waals surface area contributed by atoms with E-state index in [0.717, 1.165) is 30.1 Å². The largest absolute Gasteiger partial charge is 0.508 e. The van der Waals surface area contributed by atoms with Gasteiger partial charge in [0.25, 0.3) is 0 Å². The van der Waals surface area contributed by atoms with Gasteiger partial charge in [0, 0.05) is 5.41 Å². The molecule has 4 aliphatic carbocycles. The van der Waals surface area contributed by atoms with Crippen LogP contribution in [-0.4, -0.2) is 5.11 Å². The standard InChI is InChI=1S/C35H46O/c1-26-11-9-17-34(25-26)18-10-15-32-28(12-8-16-33(32)34)21-27-22-30(24-31(36)23-27)35(19-6-3-7-20-35)29-13-4-2-5-14-29/h2,4-5,9,13-14,17,22-24,26,28,32-33,36H,3,6-8,10-12,15-16,18-21,25H2,1H3/t26-,28-,32-,33+,34+/m0/s1. The molecule has 0 aromatic heterocycles. The van der Waals surface area contributed by atoms with E-state index in [4.69, 9.17) is 0 Å². The third-order valence-electron chi connectivity index (χ3n) is 10.9. The Hall–Kier alpha value is -2.02. The van der Waals surface area contributed by atoms with E-state index in [1.54, 1.807) is 0 Å². The highest BCUT2D eigenvalue weighted by Gasteiger charge is 2.48. The van der Waals surface area contributed by atoms with Gasteiger partial charge in [0.15, 0.2) is 0 Å². The van der Waals surface area contributed by atoms with Crippen LogP contribution < -0.4 is 0 Å². The van der Waals surface area contributed by atoms with Crippen LogP contribution in [-0.2, 0) is 11.8 Å². The first-order valence-corrected chi connectivity index (χ1v) is 15.1. The summed E-state index contributed by atoms with van der Waals surface area (Å²) in [6, 6.07) is 17.8. The van der Waals surface area contributed by atoms with E-state index in [0.29, 0.717) is 11.2 Å². The lowest BCUT2D eigenvalue weighted by Crippen LogP contribution is -2.45. The van der Waals surface area contributed by atoms with Crippen LogP contribution in [0.2, 0.25) is 0 Å². The van der Waals surface area contributed by atoms with Gasteiger partial charge in [-0.2, -0.15) is 0 Å². The predicted molar refractivity (Wildman–Crippen MR) is 150 cm³/mol. The molecule has 5 atom stereocenters. The van der Waals surface area contributed by atoms with Crippen molar-refractivity contribution < 1.29 is 5.11 Å². The van der Waals surface area contributed by atoms with Crippen LogP contribution in [0.5, 0.6) is 5.75 Å². The van der Waals surface area contributed by atoms with Crippen LogP contribution in [0.3, 0.4) is 0 Å². The summed E-state index contributed by atoms with van der Waals surface area (Å²) in [5.74, 6) is 3.80. The van der Waals surface area contributed by atoms with Crippen LogP contribution in [0.15, 0.2) is 60.7 Å². The third-order valence-corrected chi connectivity index (χ3v) is 10.9. The summed E-state index contributed by atoms with van der Waals surface area (Å²) in [6.07, 6.45) is 23.7. The molecule has 4 aliphatic rings. The second kappa shape index (κ2) is 10.0. The quantitative estimate of drug-likeness (QED) is 0.430. The van der Waals surface area contributed by atoms with Gasteiger partial charge >= 0.3 is 0 Å². The Morgan fingerprint density at radius 2 is 1.67 bits per heavy atom. The van der Waals surface area contributed by atoms with Gasteiger partial charge in [-0.15, -0.1) is 0 Å². The lowest BCUT2D eigenvalue weighted by Gasteiger charge is -2.54. The van der Waals surface area contributed by atoms with Crippen molar-refractivity contribution in [2.75, 3.05) is 0 Å². The molecule has 36 heavy (non-hydrogen) atoms. The van der Waals surface area contributed by atoms with E-state index in [1.165, 1.54) is 100 Å². The first-order valence-electron chi connectivity index (χ1n) is 15.1. The Balaban J connectivity index is 1.30. The molecule has 2 aromatic carbocycles. The molecule has 0 amide bonds. The summed E-state index contributed by atoms with van der Waals surface area (Å²) >= 11 is 0. The van der Waals surface area contributed by atoms with Gasteiger partial charge in [-0.1, -0.05) is 87.6 Å². The maximum atomic E-state index is 11.0. The molecule has 0 heterocycles. The SMILES string of the molecule is C[C@H]1CC=C[C@@]2(CCC[C@H]3[C@H](Cc4cc(O)cc(C5(c6ccccc6)CCCCC5)c4)CCC[C@H]32)C1. The Bertz CT molecular complexity index is 1060. The van der Waals surface area contributed by atoms with Crippen LogP contribution in [0.25, 0.3) is 0 Å². The molecule has 2 aromatic rings. The van der Waals surface area contributed by atoms with Crippen LogP contribution in [0.1, 0.15) is 107 Å². The zero-order valence-corrected chi connectivity index (χ0v) is 22.4. The average molecular weight is 483 g/mol. The zero-order chi connectivity index (χ0) is 24.6. The number of benzene rings is 2. The third kappa shape index (κ3) is 4.46. The molecule has 1 nitrogen and oxygen atoms in total. The minimum Gasteiger partial charge on any atom is -0.508 e. The van der Waals surface area contributed by atoms with E-state index in [9.17, 15) is 5.11 Å². The van der Waals surface area contributed by atoms with Crippen molar-refractivity contribution in [3.63, 3.8) is 0 Å². The Morgan fingerprint density at radius 1 is 0.833 bits per heavy atom. The summed E-state index contributed by atoms with van der Waals surface area (Å²) in [5, 5.41) is 11.0. The van der Waals surface area contributed by atoms with Gasteiger partial charge in [-0.25, -0.2) is 0 Å². The maximum Gasteiger partial charge on any atom is 0.116 e. The van der Waals surface area contributed by atoms with Crippen molar-refractivity contribution in [3.8, 4) is 5.75 Å². The number of fused-ring (bicyclic) bond motifs is 2. The van der Waals surface area contributed by atoms with Gasteiger partial charge in [-0.05, 0) is 116 Å². The monoisotopic (exact) mass is 482 g/mol. The summed E-state index contributed by atoms with van der Waals surface area (Å²) in [5.41, 5.74) is 4.71. The molecule has 1 spiro atoms. The molecule has 6 rings (SSSR count). The van der Waals surface area contributed by atoms with Gasteiger partial charge in [0.05, 0.1) is 0 Å². The number of phenolic OH excluding ortho intramolecular Hbond substituents is 1. The fourth-order valence-corrected chi connectivity index (χ4v) is 9.44. The molecule has 0 aliphatic heterocycles. The minimum atomic E-state index is 0.0556. The lowest BCUT2D eigenvalue weighted by molar-refractivity contribution is -0.00558. The Kier molecular flexibility index (Phi) is 6.78. The molecule has 0 saturated heterocycles. The summed E-state index contributed by atoms with van der Waals surface area (Å²) < 4.78 is 0. The van der Waals surface area contributed by atoms with Gasteiger partial charge < -0.3 is 5.11 Å². The van der Waals surface area contributed by atoms with Crippen LogP contribution >= 0.6 is 0 Å². The number of hydrogen-bond donors (Lipinski definition) is 1. The number of hydrogen-bond acceptors (Lipinski definition) is 1. The Labute approximate surface area is 219 Å². The summed E-state index contributed by atoms with van der Waals surface area (Å²) in [7, 11) is 0. The van der Waals surface area contributed by atoms with Crippen LogP contribution in [0, 0.1) is 29.1 Å². The van der Waals surface area contributed by atoms with Gasteiger partial charge in [0.1, 0.15) is 5.75 Å². The Morgan fingerprint density at radius 3 is 2.47 bits per heavy atom. The second-order valence-corrected chi connectivity index (χ2v) is 13.1. The van der Waals surface area contributed by atoms with Gasteiger partial charge in [0.2, 0.25) is 0 Å². The molecule has 0 radical (unpaired) electrons. The highest BCUT2D eigenvalue weighted by Crippen LogP contribution is 2.58. The molecule has 0 unspecified atom stereocenters. The molecular weight excluding hydrogens is 436 g/mol. The summed E-state index contributed by atoms with van der Waals surface area (Å²) in [6.45, 7) is 2.47. The zero-order valence-electron chi connectivity index (χ0n) is 22.4. The molecule has 3 saturated carbocycles. The van der Waals surface area contributed by atoms with E-state index in [1.807, 2.05) is 0 Å². The van der Waals surface area contributed by atoms with Crippen molar-refractivity contribution in [2.45, 2.75) is 102 Å². The van der Waals surface area contributed by atoms with Crippen LogP contribution in [0.4, 0.5) is 0 Å². The van der Waals surface area contributed by atoms with Crippen molar-refractivity contribution in [1.82, 2.24) is 0 Å². The van der Waals surface area contributed by atoms with Crippen molar-refractivity contribution in [1.29, 1.82) is 0 Å². The van der Waals surface area contributed by atoms with E-state index >= 15 is 0 Å². The molecule has 1 heteroatoms. The van der Waals surface area contributed by atoms with E-state index in [-0.39, 0.29) is 5.41 Å². The topological polar surface area (TPSA) is 20.2 Å². The average Bonchev–Trinajstić information content (AvgIpc) is 2.90. The number of aromatic hydroxyl groups is 1. The molecule has 3 fully saturated rings. The molecule has 1 N–H and O–H groups in total. The van der Waals surface area contributed by atoms with Crippen molar-refractivity contribution >= 4 is 0 Å². The number of phenols is 1. The first-order chi connectivity index (χ1) is 17.6. The summed E-state index contributed by atoms with van der Waals surface area (Å²) in [4.78, 5) is 0. The highest BCUT2D eigenvalue weighted by atomic mass is 16.3. The van der Waals surface area contributed by atoms with E-state index < -0.39 is 0 Å². The first kappa shape index (κ1) is 24.3. The maximum absolute atomic E-state index is 11.0. The number of allylic oxidation sites excluding steroid dienone is 2. The fraction of sp³-hybridized carbons (Fsp3) is 0.600. The fourth-order valence-electron chi connectivity index (χ4n) is 9.44. The molecular formula is C35H46O.